The number of nitrogens with zero attached hydrogens (tertiary/aromatic N) is 1. The van der Waals surface area contributed by atoms with Crippen LogP contribution in [0.2, 0.25) is 0 Å². The molecule has 0 radical (unpaired) electrons. The van der Waals surface area contributed by atoms with Crippen LogP contribution in [0.5, 0.6) is 0 Å². The van der Waals surface area contributed by atoms with Gasteiger partial charge in [-0.1, -0.05) is 18.2 Å². The van der Waals surface area contributed by atoms with Gasteiger partial charge in [0, 0.05) is 31.7 Å². The van der Waals surface area contributed by atoms with Crippen LogP contribution in [0.25, 0.3) is 0 Å². The van der Waals surface area contributed by atoms with Gasteiger partial charge in [0.1, 0.15) is 0 Å². The second kappa shape index (κ2) is 7.59. The minimum Gasteiger partial charge on any atom is -0.351 e. The SMILES string of the molecule is C=CCNCC(=O)NCc1ccc(N2CCCC2=O)cc1. The lowest BCUT2D eigenvalue weighted by Crippen LogP contribution is -2.33. The van der Waals surface area contributed by atoms with Crippen LogP contribution in [0.3, 0.4) is 0 Å². The fourth-order valence-corrected chi connectivity index (χ4v) is 2.27. The highest BCUT2D eigenvalue weighted by atomic mass is 16.2. The molecule has 5 nitrogen and oxygen atoms in total. The van der Waals surface area contributed by atoms with Crippen LogP contribution in [-0.2, 0) is 16.1 Å². The first-order chi connectivity index (χ1) is 10.2. The zero-order chi connectivity index (χ0) is 15.1. The van der Waals surface area contributed by atoms with E-state index in [2.05, 4.69) is 17.2 Å². The smallest absolute Gasteiger partial charge is 0.234 e. The monoisotopic (exact) mass is 287 g/mol. The predicted molar refractivity (Wildman–Crippen MR) is 82.9 cm³/mol. The van der Waals surface area contributed by atoms with Crippen molar-refractivity contribution in [1.29, 1.82) is 0 Å². The minimum absolute atomic E-state index is 0.0457. The topological polar surface area (TPSA) is 61.4 Å². The molecule has 0 atom stereocenters. The van der Waals surface area contributed by atoms with Crippen LogP contribution >= 0.6 is 0 Å². The van der Waals surface area contributed by atoms with Crippen LogP contribution in [0.1, 0.15) is 18.4 Å². The Morgan fingerprint density at radius 2 is 2.10 bits per heavy atom. The van der Waals surface area contributed by atoms with Crippen LogP contribution in [0.15, 0.2) is 36.9 Å². The number of hydrogen-bond donors (Lipinski definition) is 2. The molecule has 1 aliphatic heterocycles. The van der Waals surface area contributed by atoms with Gasteiger partial charge in [0.05, 0.1) is 6.54 Å². The predicted octanol–water partition coefficient (Wildman–Crippen LogP) is 1.21. The van der Waals surface area contributed by atoms with Crippen molar-refractivity contribution in [1.82, 2.24) is 10.6 Å². The van der Waals surface area contributed by atoms with Gasteiger partial charge >= 0.3 is 0 Å². The summed E-state index contributed by atoms with van der Waals surface area (Å²) < 4.78 is 0. The molecule has 1 heterocycles. The summed E-state index contributed by atoms with van der Waals surface area (Å²) in [7, 11) is 0. The van der Waals surface area contributed by atoms with E-state index in [0.29, 0.717) is 19.5 Å². The Hall–Kier alpha value is -2.14. The molecule has 112 valence electrons. The van der Waals surface area contributed by atoms with Crippen molar-refractivity contribution >= 4 is 17.5 Å². The molecule has 5 heteroatoms. The van der Waals surface area contributed by atoms with Crippen molar-refractivity contribution in [2.75, 3.05) is 24.5 Å². The Kier molecular flexibility index (Phi) is 5.51. The molecular formula is C16H21N3O2. The van der Waals surface area contributed by atoms with Crippen LogP contribution in [0, 0.1) is 0 Å². The van der Waals surface area contributed by atoms with Crippen molar-refractivity contribution < 1.29 is 9.59 Å². The van der Waals surface area contributed by atoms with Gasteiger partial charge in [0.2, 0.25) is 11.8 Å². The molecule has 2 amide bonds. The Labute approximate surface area is 125 Å². The van der Waals surface area contributed by atoms with Crippen molar-refractivity contribution in [2.24, 2.45) is 0 Å². The van der Waals surface area contributed by atoms with Gasteiger partial charge in [-0.2, -0.15) is 0 Å². The third-order valence-electron chi connectivity index (χ3n) is 3.39. The molecule has 0 spiro atoms. The lowest BCUT2D eigenvalue weighted by atomic mass is 10.2. The van der Waals surface area contributed by atoms with E-state index in [1.807, 2.05) is 29.2 Å². The Morgan fingerprint density at radius 3 is 2.71 bits per heavy atom. The number of anilines is 1. The zero-order valence-electron chi connectivity index (χ0n) is 12.1. The molecule has 1 aromatic rings. The van der Waals surface area contributed by atoms with E-state index in [-0.39, 0.29) is 18.4 Å². The van der Waals surface area contributed by atoms with E-state index < -0.39 is 0 Å². The molecule has 0 unspecified atom stereocenters. The van der Waals surface area contributed by atoms with Crippen molar-refractivity contribution in [2.45, 2.75) is 19.4 Å². The number of benzene rings is 1. The highest BCUT2D eigenvalue weighted by molar-refractivity contribution is 5.95. The highest BCUT2D eigenvalue weighted by Gasteiger charge is 2.21. The maximum absolute atomic E-state index is 11.7. The average Bonchev–Trinajstić information content (AvgIpc) is 2.92. The molecule has 1 aliphatic rings. The first-order valence-electron chi connectivity index (χ1n) is 7.18. The van der Waals surface area contributed by atoms with Gasteiger partial charge in [0.15, 0.2) is 0 Å². The van der Waals surface area contributed by atoms with Gasteiger partial charge in [-0.25, -0.2) is 0 Å². The lowest BCUT2D eigenvalue weighted by molar-refractivity contribution is -0.120. The molecule has 1 fully saturated rings. The molecule has 1 aromatic carbocycles. The summed E-state index contributed by atoms with van der Waals surface area (Å²) in [5.74, 6) is 0.139. The Bertz CT molecular complexity index is 511. The average molecular weight is 287 g/mol. The number of carbonyl (C=O) groups is 2. The van der Waals surface area contributed by atoms with Gasteiger partial charge in [-0.3, -0.25) is 9.59 Å². The van der Waals surface area contributed by atoms with E-state index in [0.717, 1.165) is 24.2 Å². The maximum Gasteiger partial charge on any atom is 0.234 e. The normalized spacial score (nSPS) is 14.3. The summed E-state index contributed by atoms with van der Waals surface area (Å²) in [5, 5.41) is 5.79. The molecule has 0 bridgehead atoms. The number of rotatable bonds is 7. The molecule has 0 saturated carbocycles. The fraction of sp³-hybridized carbons (Fsp3) is 0.375. The largest absolute Gasteiger partial charge is 0.351 e. The van der Waals surface area contributed by atoms with Crippen LogP contribution in [0.4, 0.5) is 5.69 Å². The summed E-state index contributed by atoms with van der Waals surface area (Å²) >= 11 is 0. The lowest BCUT2D eigenvalue weighted by Gasteiger charge is -2.16. The van der Waals surface area contributed by atoms with Gasteiger partial charge in [0.25, 0.3) is 0 Å². The molecule has 0 aromatic heterocycles. The van der Waals surface area contributed by atoms with E-state index >= 15 is 0 Å². The van der Waals surface area contributed by atoms with E-state index in [9.17, 15) is 9.59 Å². The number of carbonyl (C=O) groups excluding carboxylic acids is 2. The molecule has 2 N–H and O–H groups in total. The summed E-state index contributed by atoms with van der Waals surface area (Å²) in [4.78, 5) is 25.0. The minimum atomic E-state index is -0.0457. The third kappa shape index (κ3) is 4.43. The molecule has 21 heavy (non-hydrogen) atoms. The standard InChI is InChI=1S/C16H21N3O2/c1-2-9-17-12-15(20)18-11-13-5-7-14(8-6-13)19-10-3-4-16(19)21/h2,5-8,17H,1,3-4,9-12H2,(H,18,20). The number of hydrogen-bond acceptors (Lipinski definition) is 3. The zero-order valence-corrected chi connectivity index (χ0v) is 12.1. The quantitative estimate of drug-likeness (QED) is 0.585. The maximum atomic E-state index is 11.7. The summed E-state index contributed by atoms with van der Waals surface area (Å²) in [6.07, 6.45) is 3.27. The Balaban J connectivity index is 1.81. The second-order valence-corrected chi connectivity index (χ2v) is 5.01. The van der Waals surface area contributed by atoms with Crippen molar-refractivity contribution in [3.8, 4) is 0 Å². The second-order valence-electron chi connectivity index (χ2n) is 5.01. The number of amides is 2. The summed E-state index contributed by atoms with van der Waals surface area (Å²) in [5.41, 5.74) is 1.95. The molecule has 2 rings (SSSR count). The number of nitrogens with one attached hydrogen (secondary N) is 2. The van der Waals surface area contributed by atoms with E-state index in [4.69, 9.17) is 0 Å². The van der Waals surface area contributed by atoms with Gasteiger partial charge in [-0.15, -0.1) is 6.58 Å². The third-order valence-corrected chi connectivity index (χ3v) is 3.39. The Morgan fingerprint density at radius 1 is 1.33 bits per heavy atom. The highest BCUT2D eigenvalue weighted by Crippen LogP contribution is 2.21. The molecular weight excluding hydrogens is 266 g/mol. The molecule has 0 aliphatic carbocycles. The van der Waals surface area contributed by atoms with E-state index in [1.165, 1.54) is 0 Å². The van der Waals surface area contributed by atoms with E-state index in [1.54, 1.807) is 6.08 Å². The first kappa shape index (κ1) is 15.3. The fourth-order valence-electron chi connectivity index (χ4n) is 2.27. The first-order valence-corrected chi connectivity index (χ1v) is 7.18. The summed E-state index contributed by atoms with van der Waals surface area (Å²) in [6.45, 7) is 5.76. The molecule has 1 saturated heterocycles. The summed E-state index contributed by atoms with van der Waals surface area (Å²) in [6, 6.07) is 7.75. The van der Waals surface area contributed by atoms with Crippen molar-refractivity contribution in [3.05, 3.63) is 42.5 Å². The van der Waals surface area contributed by atoms with Crippen LogP contribution in [-0.4, -0.2) is 31.4 Å². The van der Waals surface area contributed by atoms with Gasteiger partial charge < -0.3 is 15.5 Å². The van der Waals surface area contributed by atoms with Gasteiger partial charge in [-0.05, 0) is 24.1 Å². The van der Waals surface area contributed by atoms with Crippen molar-refractivity contribution in [3.63, 3.8) is 0 Å². The van der Waals surface area contributed by atoms with Crippen LogP contribution < -0.4 is 15.5 Å².